The lowest BCUT2D eigenvalue weighted by Crippen LogP contribution is -2.61. The van der Waals surface area contributed by atoms with Crippen molar-refractivity contribution in [1.29, 1.82) is 0 Å². The Bertz CT molecular complexity index is 213. The summed E-state index contributed by atoms with van der Waals surface area (Å²) < 4.78 is 6.05. The zero-order valence-electron chi connectivity index (χ0n) is 10.1. The molecular formula is C11H24N2O. The van der Waals surface area contributed by atoms with Crippen molar-refractivity contribution in [3.8, 4) is 0 Å². The molecule has 0 aromatic carbocycles. The van der Waals surface area contributed by atoms with Gasteiger partial charge in [-0.05, 0) is 40.7 Å². The molecule has 3 N–H and O–H groups in total. The van der Waals surface area contributed by atoms with Crippen LogP contribution in [0.5, 0.6) is 0 Å². The number of rotatable bonds is 3. The first kappa shape index (κ1) is 12.0. The molecule has 84 valence electrons. The van der Waals surface area contributed by atoms with Gasteiger partial charge in [0, 0.05) is 6.54 Å². The van der Waals surface area contributed by atoms with E-state index in [0.29, 0.717) is 6.54 Å². The summed E-state index contributed by atoms with van der Waals surface area (Å²) in [6.45, 7) is 12.2. The van der Waals surface area contributed by atoms with Gasteiger partial charge in [-0.15, -0.1) is 0 Å². The molecule has 0 radical (unpaired) electrons. The first-order valence-corrected chi connectivity index (χ1v) is 5.44. The van der Waals surface area contributed by atoms with Crippen LogP contribution in [0.25, 0.3) is 0 Å². The normalized spacial score (nSPS) is 34.7. The monoisotopic (exact) mass is 200 g/mol. The molecule has 1 atom stereocenters. The average Bonchev–Trinajstić information content (AvgIpc) is 2.17. The lowest BCUT2D eigenvalue weighted by atomic mass is 9.79. The molecule has 1 aliphatic heterocycles. The predicted molar refractivity (Wildman–Crippen MR) is 59.3 cm³/mol. The van der Waals surface area contributed by atoms with Crippen molar-refractivity contribution >= 4 is 0 Å². The van der Waals surface area contributed by atoms with E-state index in [1.54, 1.807) is 0 Å². The highest BCUT2D eigenvalue weighted by Crippen LogP contribution is 2.44. The second-order valence-corrected chi connectivity index (χ2v) is 5.37. The van der Waals surface area contributed by atoms with Crippen LogP contribution in [0.2, 0.25) is 0 Å². The SMILES string of the molecule is CCNC1(CN)CC(C)(C)OC1(C)C. The van der Waals surface area contributed by atoms with Crippen molar-refractivity contribution < 1.29 is 4.74 Å². The van der Waals surface area contributed by atoms with Crippen molar-refractivity contribution in [2.45, 2.75) is 57.8 Å². The van der Waals surface area contributed by atoms with E-state index in [2.05, 4.69) is 39.9 Å². The minimum atomic E-state index is -0.193. The Kier molecular flexibility index (Phi) is 2.96. The van der Waals surface area contributed by atoms with Crippen LogP contribution in [0.1, 0.15) is 41.0 Å². The standard InChI is InChI=1S/C11H24N2O/c1-6-13-11(8-12)7-9(2,3)14-10(11,4)5/h13H,6-8,12H2,1-5H3. The zero-order valence-corrected chi connectivity index (χ0v) is 10.1. The summed E-state index contributed by atoms with van der Waals surface area (Å²) in [6, 6.07) is 0. The van der Waals surface area contributed by atoms with Crippen molar-refractivity contribution in [3.63, 3.8) is 0 Å². The molecule has 0 aliphatic carbocycles. The molecule has 1 rings (SSSR count). The van der Waals surface area contributed by atoms with Gasteiger partial charge < -0.3 is 15.8 Å². The number of ether oxygens (including phenoxy) is 1. The Morgan fingerprint density at radius 2 is 1.86 bits per heavy atom. The summed E-state index contributed by atoms with van der Waals surface area (Å²) in [7, 11) is 0. The fourth-order valence-electron chi connectivity index (χ4n) is 2.77. The van der Waals surface area contributed by atoms with E-state index in [4.69, 9.17) is 10.5 Å². The zero-order chi connectivity index (χ0) is 11.0. The summed E-state index contributed by atoms with van der Waals surface area (Å²) in [5, 5.41) is 3.50. The summed E-state index contributed by atoms with van der Waals surface area (Å²) in [4.78, 5) is 0. The first-order chi connectivity index (χ1) is 6.29. The molecule has 1 saturated heterocycles. The Labute approximate surface area is 87.4 Å². The molecule has 0 saturated carbocycles. The van der Waals surface area contributed by atoms with Crippen LogP contribution >= 0.6 is 0 Å². The van der Waals surface area contributed by atoms with Crippen molar-refractivity contribution in [1.82, 2.24) is 5.32 Å². The van der Waals surface area contributed by atoms with Gasteiger partial charge in [0.2, 0.25) is 0 Å². The van der Waals surface area contributed by atoms with E-state index in [1.807, 2.05) is 0 Å². The maximum absolute atomic E-state index is 6.05. The summed E-state index contributed by atoms with van der Waals surface area (Å²) >= 11 is 0. The Hall–Kier alpha value is -0.120. The van der Waals surface area contributed by atoms with E-state index < -0.39 is 0 Å². The second-order valence-electron chi connectivity index (χ2n) is 5.37. The quantitative estimate of drug-likeness (QED) is 0.721. The van der Waals surface area contributed by atoms with E-state index in [-0.39, 0.29) is 16.7 Å². The van der Waals surface area contributed by atoms with Gasteiger partial charge in [0.15, 0.2) is 0 Å². The fourth-order valence-corrected chi connectivity index (χ4v) is 2.77. The van der Waals surface area contributed by atoms with Crippen LogP contribution in [0, 0.1) is 0 Å². The van der Waals surface area contributed by atoms with Crippen LogP contribution in [0.4, 0.5) is 0 Å². The molecule has 1 aliphatic rings. The van der Waals surface area contributed by atoms with E-state index in [9.17, 15) is 0 Å². The van der Waals surface area contributed by atoms with E-state index >= 15 is 0 Å². The minimum Gasteiger partial charge on any atom is -0.368 e. The lowest BCUT2D eigenvalue weighted by molar-refractivity contribution is -0.0818. The molecule has 14 heavy (non-hydrogen) atoms. The number of nitrogens with one attached hydrogen (secondary N) is 1. The van der Waals surface area contributed by atoms with Gasteiger partial charge in [-0.1, -0.05) is 6.92 Å². The number of likely N-dealkylation sites (N-methyl/N-ethyl adjacent to an activating group) is 1. The van der Waals surface area contributed by atoms with Gasteiger partial charge in [0.1, 0.15) is 0 Å². The molecule has 1 unspecified atom stereocenters. The van der Waals surface area contributed by atoms with Crippen molar-refractivity contribution in [3.05, 3.63) is 0 Å². The second kappa shape index (κ2) is 3.47. The summed E-state index contributed by atoms with van der Waals surface area (Å²) in [6.07, 6.45) is 0.970. The highest BCUT2D eigenvalue weighted by atomic mass is 16.5. The van der Waals surface area contributed by atoms with Crippen molar-refractivity contribution in [2.24, 2.45) is 5.73 Å². The lowest BCUT2D eigenvalue weighted by Gasteiger charge is -2.39. The molecule has 0 bridgehead atoms. The van der Waals surface area contributed by atoms with E-state index in [0.717, 1.165) is 13.0 Å². The third-order valence-corrected chi connectivity index (χ3v) is 3.28. The van der Waals surface area contributed by atoms with E-state index in [1.165, 1.54) is 0 Å². The van der Waals surface area contributed by atoms with Crippen molar-refractivity contribution in [2.75, 3.05) is 13.1 Å². The molecule has 1 fully saturated rings. The third-order valence-electron chi connectivity index (χ3n) is 3.28. The van der Waals surface area contributed by atoms with Gasteiger partial charge in [0.05, 0.1) is 16.7 Å². The maximum atomic E-state index is 6.05. The maximum Gasteiger partial charge on any atom is 0.0827 e. The largest absolute Gasteiger partial charge is 0.368 e. The van der Waals surface area contributed by atoms with Gasteiger partial charge >= 0.3 is 0 Å². The summed E-state index contributed by atoms with van der Waals surface area (Å²) in [5.41, 5.74) is 5.56. The number of nitrogens with two attached hydrogens (primary N) is 1. The molecular weight excluding hydrogens is 176 g/mol. The number of hydrogen-bond acceptors (Lipinski definition) is 3. The average molecular weight is 200 g/mol. The van der Waals surface area contributed by atoms with Gasteiger partial charge in [-0.3, -0.25) is 0 Å². The van der Waals surface area contributed by atoms with Gasteiger partial charge in [-0.25, -0.2) is 0 Å². The first-order valence-electron chi connectivity index (χ1n) is 5.44. The minimum absolute atomic E-state index is 0.0781. The molecule has 0 amide bonds. The molecule has 3 heteroatoms. The Morgan fingerprint density at radius 3 is 2.14 bits per heavy atom. The highest BCUT2D eigenvalue weighted by Gasteiger charge is 2.55. The van der Waals surface area contributed by atoms with Crippen LogP contribution in [0.15, 0.2) is 0 Å². The molecule has 0 aromatic rings. The molecule has 1 heterocycles. The molecule has 0 spiro atoms. The smallest absolute Gasteiger partial charge is 0.0827 e. The third kappa shape index (κ3) is 1.81. The Morgan fingerprint density at radius 1 is 1.29 bits per heavy atom. The fraction of sp³-hybridized carbons (Fsp3) is 1.00. The van der Waals surface area contributed by atoms with Gasteiger partial charge in [0.25, 0.3) is 0 Å². The summed E-state index contributed by atoms with van der Waals surface area (Å²) in [5.74, 6) is 0. The highest BCUT2D eigenvalue weighted by molar-refractivity contribution is 5.11. The van der Waals surface area contributed by atoms with Crippen LogP contribution in [-0.4, -0.2) is 29.8 Å². The van der Waals surface area contributed by atoms with Crippen LogP contribution < -0.4 is 11.1 Å². The number of hydrogen-bond donors (Lipinski definition) is 2. The Balaban J connectivity index is 2.95. The van der Waals surface area contributed by atoms with Gasteiger partial charge in [-0.2, -0.15) is 0 Å². The van der Waals surface area contributed by atoms with Crippen LogP contribution in [-0.2, 0) is 4.74 Å². The molecule has 0 aromatic heterocycles. The topological polar surface area (TPSA) is 47.3 Å². The van der Waals surface area contributed by atoms with Crippen LogP contribution in [0.3, 0.4) is 0 Å². The predicted octanol–water partition coefficient (Wildman–Crippen LogP) is 1.27. The molecule has 3 nitrogen and oxygen atoms in total.